The van der Waals surface area contributed by atoms with Crippen LogP contribution in [-0.4, -0.2) is 43.7 Å². The van der Waals surface area contributed by atoms with E-state index in [0.717, 1.165) is 6.42 Å². The molecule has 0 saturated carbocycles. The summed E-state index contributed by atoms with van der Waals surface area (Å²) in [5.74, 6) is -0.292. The molecule has 2 rings (SSSR count). The number of hydrogen-bond donors (Lipinski definition) is 0. The number of methoxy groups -OCH3 is 2. The van der Waals surface area contributed by atoms with Crippen molar-refractivity contribution in [2.45, 2.75) is 18.9 Å². The summed E-state index contributed by atoms with van der Waals surface area (Å²) < 4.78 is 9.52. The van der Waals surface area contributed by atoms with Crippen LogP contribution in [0.5, 0.6) is 0 Å². The SMILES string of the molecule is COC(=O)c1cccnc1N1CCCC1C(=O)OC. The average Bonchev–Trinajstić information content (AvgIpc) is 2.94. The van der Waals surface area contributed by atoms with E-state index in [9.17, 15) is 9.59 Å². The van der Waals surface area contributed by atoms with Gasteiger partial charge in [0, 0.05) is 12.7 Å². The van der Waals surface area contributed by atoms with Gasteiger partial charge in [-0.1, -0.05) is 0 Å². The van der Waals surface area contributed by atoms with E-state index < -0.39 is 5.97 Å². The Hall–Kier alpha value is -2.11. The number of rotatable bonds is 3. The Morgan fingerprint density at radius 2 is 2.16 bits per heavy atom. The Balaban J connectivity index is 2.35. The number of pyridine rings is 1. The molecule has 1 aliphatic heterocycles. The van der Waals surface area contributed by atoms with E-state index in [2.05, 4.69) is 4.98 Å². The highest BCUT2D eigenvalue weighted by molar-refractivity contribution is 5.95. The summed E-state index contributed by atoms with van der Waals surface area (Å²) in [6, 6.07) is 2.92. The van der Waals surface area contributed by atoms with E-state index in [1.165, 1.54) is 14.2 Å². The first kappa shape index (κ1) is 13.3. The lowest BCUT2D eigenvalue weighted by Gasteiger charge is -2.25. The van der Waals surface area contributed by atoms with Crippen molar-refractivity contribution in [3.05, 3.63) is 23.9 Å². The summed E-state index contributed by atoms with van der Waals surface area (Å²) in [5, 5.41) is 0. The van der Waals surface area contributed by atoms with E-state index in [1.54, 1.807) is 23.2 Å². The molecule has 1 atom stereocenters. The minimum Gasteiger partial charge on any atom is -0.467 e. The van der Waals surface area contributed by atoms with Gasteiger partial charge in [0.05, 0.1) is 14.2 Å². The average molecular weight is 264 g/mol. The molecule has 2 heterocycles. The molecule has 6 nitrogen and oxygen atoms in total. The molecule has 1 fully saturated rings. The van der Waals surface area contributed by atoms with Gasteiger partial charge in [0.1, 0.15) is 17.4 Å². The lowest BCUT2D eigenvalue weighted by molar-refractivity contribution is -0.141. The first-order valence-corrected chi connectivity index (χ1v) is 6.07. The molecule has 1 unspecified atom stereocenters. The number of esters is 2. The monoisotopic (exact) mass is 264 g/mol. The minimum atomic E-state index is -0.460. The zero-order valence-corrected chi connectivity index (χ0v) is 11.0. The van der Waals surface area contributed by atoms with Gasteiger partial charge >= 0.3 is 11.9 Å². The summed E-state index contributed by atoms with van der Waals surface area (Å²) in [6.45, 7) is 0.667. The highest BCUT2D eigenvalue weighted by atomic mass is 16.5. The lowest BCUT2D eigenvalue weighted by atomic mass is 10.2. The molecule has 0 spiro atoms. The fourth-order valence-corrected chi connectivity index (χ4v) is 2.30. The Bertz CT molecular complexity index is 489. The topological polar surface area (TPSA) is 68.7 Å². The standard InChI is InChI=1S/C13H16N2O4/c1-18-12(16)9-5-3-7-14-11(9)15-8-4-6-10(15)13(17)19-2/h3,5,7,10H,4,6,8H2,1-2H3. The molecule has 6 heteroatoms. The quantitative estimate of drug-likeness (QED) is 0.759. The van der Waals surface area contributed by atoms with Gasteiger partial charge in [-0.3, -0.25) is 0 Å². The van der Waals surface area contributed by atoms with Crippen molar-refractivity contribution in [3.8, 4) is 0 Å². The number of hydrogen-bond acceptors (Lipinski definition) is 6. The van der Waals surface area contributed by atoms with Crippen LogP contribution in [0.2, 0.25) is 0 Å². The number of carbonyl (C=O) groups excluding carboxylic acids is 2. The van der Waals surface area contributed by atoms with Crippen molar-refractivity contribution in [2.24, 2.45) is 0 Å². The fourth-order valence-electron chi connectivity index (χ4n) is 2.30. The number of aromatic nitrogens is 1. The van der Waals surface area contributed by atoms with Gasteiger partial charge in [0.2, 0.25) is 0 Å². The smallest absolute Gasteiger partial charge is 0.341 e. The molecule has 0 radical (unpaired) electrons. The van der Waals surface area contributed by atoms with Gasteiger partial charge in [-0.25, -0.2) is 14.6 Å². The third-order valence-electron chi connectivity index (χ3n) is 3.19. The van der Waals surface area contributed by atoms with Crippen LogP contribution in [0.3, 0.4) is 0 Å². The van der Waals surface area contributed by atoms with Gasteiger partial charge in [0.25, 0.3) is 0 Å². The third kappa shape index (κ3) is 2.52. The van der Waals surface area contributed by atoms with Gasteiger partial charge in [-0.05, 0) is 25.0 Å². The second kappa shape index (κ2) is 5.69. The number of anilines is 1. The maximum Gasteiger partial charge on any atom is 0.341 e. The van der Waals surface area contributed by atoms with Crippen LogP contribution in [-0.2, 0) is 14.3 Å². The van der Waals surface area contributed by atoms with E-state index in [0.29, 0.717) is 24.3 Å². The van der Waals surface area contributed by atoms with Crippen LogP contribution in [0.1, 0.15) is 23.2 Å². The van der Waals surface area contributed by atoms with E-state index in [1.807, 2.05) is 0 Å². The Morgan fingerprint density at radius 1 is 1.37 bits per heavy atom. The van der Waals surface area contributed by atoms with Crippen molar-refractivity contribution in [1.82, 2.24) is 4.98 Å². The second-order valence-electron chi connectivity index (χ2n) is 4.24. The van der Waals surface area contributed by atoms with Crippen molar-refractivity contribution in [1.29, 1.82) is 0 Å². The van der Waals surface area contributed by atoms with Gasteiger partial charge in [0.15, 0.2) is 0 Å². The van der Waals surface area contributed by atoms with Crippen molar-refractivity contribution < 1.29 is 19.1 Å². The normalized spacial score (nSPS) is 18.2. The Kier molecular flexibility index (Phi) is 3.99. The Morgan fingerprint density at radius 3 is 2.84 bits per heavy atom. The summed E-state index contributed by atoms with van der Waals surface area (Å²) in [7, 11) is 2.68. The van der Waals surface area contributed by atoms with Crippen LogP contribution in [0, 0.1) is 0 Å². The predicted molar refractivity (Wildman–Crippen MR) is 68.0 cm³/mol. The molecule has 1 aliphatic rings. The van der Waals surface area contributed by atoms with Gasteiger partial charge in [-0.2, -0.15) is 0 Å². The molecule has 102 valence electrons. The summed E-state index contributed by atoms with van der Waals surface area (Å²) in [5.41, 5.74) is 0.362. The van der Waals surface area contributed by atoms with Gasteiger partial charge in [-0.15, -0.1) is 0 Å². The van der Waals surface area contributed by atoms with Crippen molar-refractivity contribution in [2.75, 3.05) is 25.7 Å². The van der Waals surface area contributed by atoms with Crippen LogP contribution in [0.15, 0.2) is 18.3 Å². The molecular weight excluding hydrogens is 248 g/mol. The largest absolute Gasteiger partial charge is 0.467 e. The zero-order chi connectivity index (χ0) is 13.8. The molecule has 1 saturated heterocycles. The molecular formula is C13H16N2O4. The first-order valence-electron chi connectivity index (χ1n) is 6.07. The van der Waals surface area contributed by atoms with Gasteiger partial charge < -0.3 is 14.4 Å². The summed E-state index contributed by atoms with van der Waals surface area (Å²) >= 11 is 0. The Labute approximate surface area is 111 Å². The van der Waals surface area contributed by atoms with E-state index >= 15 is 0 Å². The van der Waals surface area contributed by atoms with Crippen LogP contribution >= 0.6 is 0 Å². The second-order valence-corrected chi connectivity index (χ2v) is 4.24. The van der Waals surface area contributed by atoms with Crippen LogP contribution in [0.25, 0.3) is 0 Å². The predicted octanol–water partition coefficient (Wildman–Crippen LogP) is 1.01. The van der Waals surface area contributed by atoms with Crippen molar-refractivity contribution >= 4 is 17.8 Å². The van der Waals surface area contributed by atoms with E-state index in [-0.39, 0.29) is 12.0 Å². The molecule has 0 N–H and O–H groups in total. The highest BCUT2D eigenvalue weighted by Gasteiger charge is 2.34. The molecule has 0 bridgehead atoms. The number of ether oxygens (including phenoxy) is 2. The molecule has 19 heavy (non-hydrogen) atoms. The maximum atomic E-state index is 11.7. The molecule has 1 aromatic rings. The maximum absolute atomic E-state index is 11.7. The molecule has 1 aromatic heterocycles. The van der Waals surface area contributed by atoms with Crippen LogP contribution in [0.4, 0.5) is 5.82 Å². The minimum absolute atomic E-state index is 0.307. The van der Waals surface area contributed by atoms with Crippen molar-refractivity contribution in [3.63, 3.8) is 0 Å². The molecule has 0 amide bonds. The van der Waals surface area contributed by atoms with Crippen LogP contribution < -0.4 is 4.90 Å². The third-order valence-corrected chi connectivity index (χ3v) is 3.19. The first-order chi connectivity index (χ1) is 9.19. The number of carbonyl (C=O) groups is 2. The number of nitrogens with zero attached hydrogens (tertiary/aromatic N) is 2. The lowest BCUT2D eigenvalue weighted by Crippen LogP contribution is -2.38. The molecule has 0 aromatic carbocycles. The summed E-state index contributed by atoms with van der Waals surface area (Å²) in [4.78, 5) is 29.5. The fraction of sp³-hybridized carbons (Fsp3) is 0.462. The highest BCUT2D eigenvalue weighted by Crippen LogP contribution is 2.27. The summed E-state index contributed by atoms with van der Waals surface area (Å²) in [6.07, 6.45) is 3.15. The molecule has 0 aliphatic carbocycles. The zero-order valence-electron chi connectivity index (χ0n) is 11.0. The van der Waals surface area contributed by atoms with E-state index in [4.69, 9.17) is 9.47 Å².